The van der Waals surface area contributed by atoms with Crippen molar-refractivity contribution in [1.29, 1.82) is 0 Å². The first-order chi connectivity index (χ1) is 7.74. The van der Waals surface area contributed by atoms with Crippen molar-refractivity contribution in [3.8, 4) is 5.75 Å². The maximum atomic E-state index is 12.1. The zero-order valence-electron chi connectivity index (χ0n) is 7.99. The van der Waals surface area contributed by atoms with Crippen LogP contribution in [0.25, 0.3) is 0 Å². The number of nitro groups is 1. The van der Waals surface area contributed by atoms with Gasteiger partial charge in [-0.05, 0) is 9.91 Å². The SMILES string of the molecule is NCc1c(OC(F)(F)F)cc([N+](=O)[O-])nc1I. The van der Waals surface area contributed by atoms with Gasteiger partial charge in [0.1, 0.15) is 5.75 Å². The Morgan fingerprint density at radius 3 is 2.59 bits per heavy atom. The highest BCUT2D eigenvalue weighted by molar-refractivity contribution is 14.1. The summed E-state index contributed by atoms with van der Waals surface area (Å²) in [7, 11) is 0. The average Bonchev–Trinajstić information content (AvgIpc) is 2.14. The predicted molar refractivity (Wildman–Crippen MR) is 58.2 cm³/mol. The molecule has 6 nitrogen and oxygen atoms in total. The largest absolute Gasteiger partial charge is 0.573 e. The van der Waals surface area contributed by atoms with E-state index in [-0.39, 0.29) is 15.8 Å². The zero-order chi connectivity index (χ0) is 13.2. The molecule has 1 aromatic rings. The highest BCUT2D eigenvalue weighted by Gasteiger charge is 2.34. The minimum Gasteiger partial charge on any atom is -0.405 e. The van der Waals surface area contributed by atoms with E-state index >= 15 is 0 Å². The first kappa shape index (κ1) is 13.9. The molecule has 17 heavy (non-hydrogen) atoms. The number of ether oxygens (including phenoxy) is 1. The van der Waals surface area contributed by atoms with Crippen LogP contribution in [-0.4, -0.2) is 16.3 Å². The average molecular weight is 363 g/mol. The van der Waals surface area contributed by atoms with Gasteiger partial charge in [0.2, 0.25) is 3.70 Å². The molecule has 1 rings (SSSR count). The van der Waals surface area contributed by atoms with Crippen molar-refractivity contribution in [2.75, 3.05) is 0 Å². The van der Waals surface area contributed by atoms with Gasteiger partial charge >= 0.3 is 12.2 Å². The Hall–Kier alpha value is -1.17. The summed E-state index contributed by atoms with van der Waals surface area (Å²) in [5.74, 6) is -1.43. The number of nitrogens with zero attached hydrogens (tertiary/aromatic N) is 2. The summed E-state index contributed by atoms with van der Waals surface area (Å²) in [5.41, 5.74) is 5.20. The Labute approximate surface area is 106 Å². The van der Waals surface area contributed by atoms with Crippen LogP contribution >= 0.6 is 22.6 Å². The van der Waals surface area contributed by atoms with Gasteiger partial charge in [-0.2, -0.15) is 0 Å². The molecule has 0 radical (unpaired) electrons. The third-order valence-corrected chi connectivity index (χ3v) is 2.53. The van der Waals surface area contributed by atoms with E-state index < -0.39 is 22.9 Å². The van der Waals surface area contributed by atoms with Crippen LogP contribution in [0.1, 0.15) is 5.56 Å². The monoisotopic (exact) mass is 363 g/mol. The first-order valence-electron chi connectivity index (χ1n) is 4.04. The minimum atomic E-state index is -4.94. The molecule has 94 valence electrons. The van der Waals surface area contributed by atoms with Crippen LogP contribution in [0.2, 0.25) is 0 Å². The van der Waals surface area contributed by atoms with E-state index in [1.165, 1.54) is 0 Å². The van der Waals surface area contributed by atoms with E-state index in [1.807, 2.05) is 0 Å². The predicted octanol–water partition coefficient (Wildman–Crippen LogP) is 1.95. The minimum absolute atomic E-state index is 0.00134. The summed E-state index contributed by atoms with van der Waals surface area (Å²) in [4.78, 5) is 13.0. The maximum Gasteiger partial charge on any atom is 0.573 e. The summed E-state index contributed by atoms with van der Waals surface area (Å²) in [5, 5.41) is 10.4. The van der Waals surface area contributed by atoms with Gasteiger partial charge < -0.3 is 20.6 Å². The van der Waals surface area contributed by atoms with Gasteiger partial charge in [-0.1, -0.05) is 0 Å². The van der Waals surface area contributed by atoms with Gasteiger partial charge in [-0.15, -0.1) is 13.2 Å². The quantitative estimate of drug-likeness (QED) is 0.384. The number of hydrogen-bond donors (Lipinski definition) is 1. The van der Waals surface area contributed by atoms with Crippen LogP contribution in [0.3, 0.4) is 0 Å². The van der Waals surface area contributed by atoms with Crippen molar-refractivity contribution in [1.82, 2.24) is 4.98 Å². The molecule has 1 heterocycles. The number of alkyl halides is 3. The molecule has 0 spiro atoms. The number of aromatic nitrogens is 1. The van der Waals surface area contributed by atoms with E-state index in [4.69, 9.17) is 5.73 Å². The van der Waals surface area contributed by atoms with E-state index in [9.17, 15) is 23.3 Å². The second-order valence-electron chi connectivity index (χ2n) is 2.76. The molecule has 0 bridgehead atoms. The fraction of sp³-hybridized carbons (Fsp3) is 0.286. The normalized spacial score (nSPS) is 11.4. The lowest BCUT2D eigenvalue weighted by molar-refractivity contribution is -0.389. The lowest BCUT2D eigenvalue weighted by Gasteiger charge is -2.11. The van der Waals surface area contributed by atoms with Gasteiger partial charge in [0.25, 0.3) is 0 Å². The standard InChI is InChI=1S/C7H5F3IN3O3/c8-7(9,10)17-4-1-5(14(15)16)13-6(11)3(4)2-12/h1H,2,12H2. The molecule has 0 unspecified atom stereocenters. The second kappa shape index (κ2) is 5.00. The topological polar surface area (TPSA) is 91.3 Å². The second-order valence-corrected chi connectivity index (χ2v) is 3.78. The van der Waals surface area contributed by atoms with Gasteiger partial charge in [0, 0.05) is 29.1 Å². The van der Waals surface area contributed by atoms with Crippen molar-refractivity contribution in [3.05, 3.63) is 25.4 Å². The van der Waals surface area contributed by atoms with Crippen molar-refractivity contribution in [3.63, 3.8) is 0 Å². The van der Waals surface area contributed by atoms with Gasteiger partial charge in [0.15, 0.2) is 0 Å². The maximum absolute atomic E-state index is 12.1. The van der Waals surface area contributed by atoms with E-state index in [0.29, 0.717) is 6.07 Å². The Morgan fingerprint density at radius 1 is 1.59 bits per heavy atom. The van der Waals surface area contributed by atoms with Crippen molar-refractivity contribution >= 4 is 28.4 Å². The Bertz CT molecular complexity index is 452. The van der Waals surface area contributed by atoms with Gasteiger partial charge in [-0.3, -0.25) is 0 Å². The molecule has 1 aromatic heterocycles. The molecular weight excluding hydrogens is 358 g/mol. The third kappa shape index (κ3) is 3.66. The fourth-order valence-corrected chi connectivity index (χ4v) is 1.73. The number of halogens is 4. The molecule has 0 fully saturated rings. The molecule has 0 aliphatic heterocycles. The van der Waals surface area contributed by atoms with Crippen molar-refractivity contribution in [2.24, 2.45) is 5.73 Å². The van der Waals surface area contributed by atoms with Gasteiger partial charge in [0.05, 0.1) is 11.6 Å². The number of pyridine rings is 1. The first-order valence-corrected chi connectivity index (χ1v) is 5.12. The van der Waals surface area contributed by atoms with Crippen LogP contribution < -0.4 is 10.5 Å². The third-order valence-electron chi connectivity index (χ3n) is 1.64. The fourth-order valence-electron chi connectivity index (χ4n) is 1.00. The van der Waals surface area contributed by atoms with Crippen molar-refractivity contribution in [2.45, 2.75) is 12.9 Å². The smallest absolute Gasteiger partial charge is 0.405 e. The summed E-state index contributed by atoms with van der Waals surface area (Å²) in [6.07, 6.45) is -4.94. The summed E-state index contributed by atoms with van der Waals surface area (Å²) < 4.78 is 39.9. The molecule has 0 saturated carbocycles. The number of nitrogens with two attached hydrogens (primary N) is 1. The van der Waals surface area contributed by atoms with Crippen molar-refractivity contribution < 1.29 is 22.8 Å². The van der Waals surface area contributed by atoms with Gasteiger partial charge in [-0.25, -0.2) is 0 Å². The Balaban J connectivity index is 3.29. The van der Waals surface area contributed by atoms with Crippen LogP contribution in [0.4, 0.5) is 19.0 Å². The molecule has 0 atom stereocenters. The lowest BCUT2D eigenvalue weighted by Crippen LogP contribution is -2.19. The Kier molecular flexibility index (Phi) is 4.08. The van der Waals surface area contributed by atoms with Crippen LogP contribution in [-0.2, 0) is 6.54 Å². The molecule has 10 heteroatoms. The zero-order valence-corrected chi connectivity index (χ0v) is 10.2. The molecule has 0 aliphatic rings. The van der Waals surface area contributed by atoms with E-state index in [2.05, 4.69) is 9.72 Å². The molecule has 2 N–H and O–H groups in total. The summed E-state index contributed by atoms with van der Waals surface area (Å²) >= 11 is 1.55. The highest BCUT2D eigenvalue weighted by atomic mass is 127. The molecule has 0 aliphatic carbocycles. The lowest BCUT2D eigenvalue weighted by atomic mass is 10.2. The molecular formula is C7H5F3IN3O3. The molecule has 0 amide bonds. The van der Waals surface area contributed by atoms with E-state index in [1.54, 1.807) is 22.6 Å². The highest BCUT2D eigenvalue weighted by Crippen LogP contribution is 2.31. The summed E-state index contributed by atoms with van der Waals surface area (Å²) in [6, 6.07) is 0.595. The summed E-state index contributed by atoms with van der Waals surface area (Å²) in [6.45, 7) is -0.269. The van der Waals surface area contributed by atoms with Crippen LogP contribution in [0.15, 0.2) is 6.07 Å². The molecule has 0 aromatic carbocycles. The Morgan fingerprint density at radius 2 is 2.18 bits per heavy atom. The molecule has 0 saturated heterocycles. The number of rotatable bonds is 3. The number of hydrogen-bond acceptors (Lipinski definition) is 5. The van der Waals surface area contributed by atoms with Crippen LogP contribution in [0, 0.1) is 13.8 Å². The van der Waals surface area contributed by atoms with Crippen LogP contribution in [0.5, 0.6) is 5.75 Å². The van der Waals surface area contributed by atoms with E-state index in [0.717, 1.165) is 0 Å².